The predicted octanol–water partition coefficient (Wildman–Crippen LogP) is 4.22. The van der Waals surface area contributed by atoms with Gasteiger partial charge < -0.3 is 0 Å². The second-order valence-corrected chi connectivity index (χ2v) is 7.07. The van der Waals surface area contributed by atoms with Gasteiger partial charge in [-0.25, -0.2) is 5.01 Å². The summed E-state index contributed by atoms with van der Waals surface area (Å²) >= 11 is 0. The van der Waals surface area contributed by atoms with Gasteiger partial charge >= 0.3 is 0 Å². The van der Waals surface area contributed by atoms with Crippen LogP contribution < -0.4 is 5.43 Å². The van der Waals surface area contributed by atoms with Crippen molar-refractivity contribution in [2.24, 2.45) is 0 Å². The van der Waals surface area contributed by atoms with Crippen LogP contribution in [0.2, 0.25) is 0 Å². The molecule has 4 nitrogen and oxygen atoms in total. The molecule has 0 aliphatic heterocycles. The maximum atomic E-state index is 12.9. The number of hydrazine groups is 1. The fourth-order valence-electron chi connectivity index (χ4n) is 2.51. The SMILES string of the molecule is CCCc1ccc(C(=O)N(NC(=O)c2ccccc2)C(C)(C)C)cc1. The smallest absolute Gasteiger partial charge is 0.267 e. The van der Waals surface area contributed by atoms with Crippen molar-refractivity contribution < 1.29 is 9.59 Å². The normalized spacial score (nSPS) is 11.0. The number of hydrogen-bond acceptors (Lipinski definition) is 2. The fraction of sp³-hybridized carbons (Fsp3) is 0.333. The Bertz CT molecular complexity index is 716. The first kappa shape index (κ1) is 18.7. The van der Waals surface area contributed by atoms with E-state index in [1.54, 1.807) is 24.3 Å². The molecule has 1 N–H and O–H groups in total. The monoisotopic (exact) mass is 338 g/mol. The molecular weight excluding hydrogens is 312 g/mol. The van der Waals surface area contributed by atoms with Gasteiger partial charge in [0.2, 0.25) is 0 Å². The Kier molecular flexibility index (Phi) is 5.97. The van der Waals surface area contributed by atoms with Crippen molar-refractivity contribution in [3.63, 3.8) is 0 Å². The first-order valence-corrected chi connectivity index (χ1v) is 8.62. The van der Waals surface area contributed by atoms with Crippen molar-refractivity contribution in [1.82, 2.24) is 10.4 Å². The molecule has 2 aromatic rings. The van der Waals surface area contributed by atoms with Crippen LogP contribution in [0.25, 0.3) is 0 Å². The molecule has 0 saturated heterocycles. The van der Waals surface area contributed by atoms with E-state index >= 15 is 0 Å². The molecule has 0 aromatic heterocycles. The van der Waals surface area contributed by atoms with E-state index < -0.39 is 5.54 Å². The first-order chi connectivity index (χ1) is 11.8. The largest absolute Gasteiger partial charge is 0.272 e. The van der Waals surface area contributed by atoms with Gasteiger partial charge in [0.05, 0.1) is 5.54 Å². The lowest BCUT2D eigenvalue weighted by Crippen LogP contribution is -2.55. The minimum atomic E-state index is -0.552. The zero-order valence-electron chi connectivity index (χ0n) is 15.4. The third-order valence-corrected chi connectivity index (χ3v) is 3.86. The Balaban J connectivity index is 2.22. The van der Waals surface area contributed by atoms with Crippen molar-refractivity contribution in [2.45, 2.75) is 46.1 Å². The highest BCUT2D eigenvalue weighted by atomic mass is 16.2. The third-order valence-electron chi connectivity index (χ3n) is 3.86. The Morgan fingerprint density at radius 1 is 0.920 bits per heavy atom. The summed E-state index contributed by atoms with van der Waals surface area (Å²) in [7, 11) is 0. The van der Waals surface area contributed by atoms with Gasteiger partial charge in [-0.3, -0.25) is 15.0 Å². The Hall–Kier alpha value is -2.62. The molecule has 0 spiro atoms. The molecule has 0 unspecified atom stereocenters. The molecule has 0 aliphatic carbocycles. The van der Waals surface area contributed by atoms with E-state index in [1.165, 1.54) is 10.6 Å². The highest BCUT2D eigenvalue weighted by Gasteiger charge is 2.29. The van der Waals surface area contributed by atoms with Crippen LogP contribution in [0.15, 0.2) is 54.6 Å². The fourth-order valence-corrected chi connectivity index (χ4v) is 2.51. The maximum Gasteiger partial charge on any atom is 0.272 e. The molecule has 0 bridgehead atoms. The molecule has 0 fully saturated rings. The minimum Gasteiger partial charge on any atom is -0.267 e. The summed E-state index contributed by atoms with van der Waals surface area (Å²) in [6.45, 7) is 7.80. The lowest BCUT2D eigenvalue weighted by atomic mass is 10.0. The average Bonchev–Trinajstić information content (AvgIpc) is 2.59. The number of nitrogens with one attached hydrogen (secondary N) is 1. The van der Waals surface area contributed by atoms with E-state index in [2.05, 4.69) is 12.3 Å². The van der Waals surface area contributed by atoms with Gasteiger partial charge in [-0.15, -0.1) is 0 Å². The zero-order valence-corrected chi connectivity index (χ0v) is 15.4. The third kappa shape index (κ3) is 4.92. The Morgan fingerprint density at radius 2 is 1.52 bits per heavy atom. The molecule has 0 heterocycles. The van der Waals surface area contributed by atoms with Crippen molar-refractivity contribution in [1.29, 1.82) is 0 Å². The quantitative estimate of drug-likeness (QED) is 0.848. The molecule has 2 rings (SSSR count). The van der Waals surface area contributed by atoms with Gasteiger partial charge in [0.25, 0.3) is 11.8 Å². The lowest BCUT2D eigenvalue weighted by Gasteiger charge is -2.35. The molecule has 132 valence electrons. The van der Waals surface area contributed by atoms with Gasteiger partial charge in [0.15, 0.2) is 0 Å². The van der Waals surface area contributed by atoms with E-state index in [9.17, 15) is 9.59 Å². The van der Waals surface area contributed by atoms with Crippen LogP contribution in [0.3, 0.4) is 0 Å². The molecule has 0 saturated carbocycles. The summed E-state index contributed by atoms with van der Waals surface area (Å²) in [6.07, 6.45) is 2.05. The Morgan fingerprint density at radius 3 is 2.04 bits per heavy atom. The van der Waals surface area contributed by atoms with Crippen LogP contribution in [0.5, 0.6) is 0 Å². The van der Waals surface area contributed by atoms with Gasteiger partial charge in [-0.05, 0) is 57.0 Å². The summed E-state index contributed by atoms with van der Waals surface area (Å²) < 4.78 is 0. The molecular formula is C21H26N2O2. The van der Waals surface area contributed by atoms with Crippen molar-refractivity contribution in [3.8, 4) is 0 Å². The number of nitrogens with zero attached hydrogens (tertiary/aromatic N) is 1. The highest BCUT2D eigenvalue weighted by molar-refractivity contribution is 5.99. The van der Waals surface area contributed by atoms with Gasteiger partial charge in [0, 0.05) is 11.1 Å². The van der Waals surface area contributed by atoms with Crippen LogP contribution in [0.4, 0.5) is 0 Å². The van der Waals surface area contributed by atoms with E-state index in [1.807, 2.05) is 51.1 Å². The van der Waals surface area contributed by atoms with E-state index in [-0.39, 0.29) is 11.8 Å². The number of carbonyl (C=O) groups is 2. The highest BCUT2D eigenvalue weighted by Crippen LogP contribution is 2.17. The summed E-state index contributed by atoms with van der Waals surface area (Å²) in [6, 6.07) is 16.5. The van der Waals surface area contributed by atoms with Crippen LogP contribution >= 0.6 is 0 Å². The van der Waals surface area contributed by atoms with Crippen LogP contribution in [-0.2, 0) is 6.42 Å². The summed E-state index contributed by atoms with van der Waals surface area (Å²) in [5, 5.41) is 1.40. The number of aryl methyl sites for hydroxylation is 1. The average molecular weight is 338 g/mol. The van der Waals surface area contributed by atoms with Crippen LogP contribution in [-0.4, -0.2) is 22.4 Å². The summed E-state index contributed by atoms with van der Waals surface area (Å²) in [4.78, 5) is 25.4. The number of rotatable bonds is 4. The molecule has 2 aromatic carbocycles. The Labute approximate surface area is 149 Å². The van der Waals surface area contributed by atoms with Crippen molar-refractivity contribution in [3.05, 3.63) is 71.3 Å². The van der Waals surface area contributed by atoms with E-state index in [4.69, 9.17) is 0 Å². The number of benzene rings is 2. The molecule has 0 radical (unpaired) electrons. The summed E-state index contributed by atoms with van der Waals surface area (Å²) in [5.74, 6) is -0.522. The minimum absolute atomic E-state index is 0.222. The maximum absolute atomic E-state index is 12.9. The second-order valence-electron chi connectivity index (χ2n) is 7.07. The lowest BCUT2D eigenvalue weighted by molar-refractivity contribution is 0.0358. The van der Waals surface area contributed by atoms with Gasteiger partial charge in [0.1, 0.15) is 0 Å². The van der Waals surface area contributed by atoms with Gasteiger partial charge in [-0.1, -0.05) is 43.7 Å². The van der Waals surface area contributed by atoms with Crippen molar-refractivity contribution in [2.75, 3.05) is 0 Å². The first-order valence-electron chi connectivity index (χ1n) is 8.62. The van der Waals surface area contributed by atoms with E-state index in [0.717, 1.165) is 12.8 Å². The zero-order chi connectivity index (χ0) is 18.4. The number of hydrogen-bond donors (Lipinski definition) is 1. The van der Waals surface area contributed by atoms with Gasteiger partial charge in [-0.2, -0.15) is 0 Å². The molecule has 4 heteroatoms. The number of amides is 2. The molecule has 0 aliphatic rings. The molecule has 0 atom stereocenters. The molecule has 25 heavy (non-hydrogen) atoms. The topological polar surface area (TPSA) is 49.4 Å². The van der Waals surface area contributed by atoms with Crippen LogP contribution in [0.1, 0.15) is 60.4 Å². The molecule has 2 amide bonds. The number of carbonyl (C=O) groups excluding carboxylic acids is 2. The second kappa shape index (κ2) is 7.97. The van der Waals surface area contributed by atoms with Crippen molar-refractivity contribution >= 4 is 11.8 Å². The summed E-state index contributed by atoms with van der Waals surface area (Å²) in [5.41, 5.74) is 4.48. The van der Waals surface area contributed by atoms with Crippen LogP contribution in [0, 0.1) is 0 Å². The standard InChI is InChI=1S/C21H26N2O2/c1-5-9-16-12-14-18(15-13-16)20(25)23(21(2,3)4)22-19(24)17-10-7-6-8-11-17/h6-8,10-15H,5,9H2,1-4H3,(H,22,24). The van der Waals surface area contributed by atoms with E-state index in [0.29, 0.717) is 11.1 Å². The predicted molar refractivity (Wildman–Crippen MR) is 100 cm³/mol.